The van der Waals surface area contributed by atoms with Crippen molar-refractivity contribution in [3.05, 3.63) is 113 Å². The number of carbonyl (C=O) groups excluding carboxylic acids is 2. The zero-order chi connectivity index (χ0) is 28.4. The number of nitrogens with one attached hydrogen (secondary N) is 1. The standard InChI is InChI=1S/C30H26F2N5O2P/c1-17-9-27-20(15-35-17)6-8-37(27)16-28(38)36-26(12-18-10-21(31)14-22(40)11-18)29-23(3-2-7-34-29)19-4-5-25(32)24(13-19)30(33)39/h2-11,13-15,26H,12,16,40H2,1H3,(H2,33,39)(H,36,38). The van der Waals surface area contributed by atoms with E-state index in [-0.39, 0.29) is 24.4 Å². The third-order valence-electron chi connectivity index (χ3n) is 6.57. The number of pyridine rings is 2. The van der Waals surface area contributed by atoms with Crippen LogP contribution in [0.25, 0.3) is 22.0 Å². The number of hydrogen-bond donors (Lipinski definition) is 2. The van der Waals surface area contributed by atoms with Gasteiger partial charge >= 0.3 is 0 Å². The largest absolute Gasteiger partial charge is 0.366 e. The lowest BCUT2D eigenvalue weighted by Crippen LogP contribution is -2.33. The molecule has 2 aromatic carbocycles. The first-order valence-electron chi connectivity index (χ1n) is 12.5. The van der Waals surface area contributed by atoms with Crippen LogP contribution >= 0.6 is 9.24 Å². The first-order valence-corrected chi connectivity index (χ1v) is 13.1. The fourth-order valence-corrected chi connectivity index (χ4v) is 5.16. The van der Waals surface area contributed by atoms with Crippen LogP contribution in [0.15, 0.2) is 79.3 Å². The summed E-state index contributed by atoms with van der Waals surface area (Å²) in [5.74, 6) is -2.32. The van der Waals surface area contributed by atoms with Gasteiger partial charge in [-0.2, -0.15) is 0 Å². The molecule has 3 heterocycles. The van der Waals surface area contributed by atoms with E-state index in [1.165, 1.54) is 30.3 Å². The molecule has 3 N–H and O–H groups in total. The fourth-order valence-electron chi connectivity index (χ4n) is 4.78. The quantitative estimate of drug-likeness (QED) is 0.277. The highest BCUT2D eigenvalue weighted by molar-refractivity contribution is 7.27. The van der Waals surface area contributed by atoms with Gasteiger partial charge in [0.15, 0.2) is 0 Å². The lowest BCUT2D eigenvalue weighted by Gasteiger charge is -2.22. The van der Waals surface area contributed by atoms with Crippen LogP contribution in [-0.4, -0.2) is 26.3 Å². The van der Waals surface area contributed by atoms with Gasteiger partial charge in [-0.3, -0.25) is 19.6 Å². The molecule has 0 spiro atoms. The minimum Gasteiger partial charge on any atom is -0.366 e. The Balaban J connectivity index is 1.53. The predicted octanol–water partition coefficient (Wildman–Crippen LogP) is 4.38. The van der Waals surface area contributed by atoms with Crippen LogP contribution in [0.5, 0.6) is 0 Å². The number of nitrogens with two attached hydrogens (primary N) is 1. The maximum absolute atomic E-state index is 14.3. The highest BCUT2D eigenvalue weighted by Gasteiger charge is 2.23. The molecule has 0 radical (unpaired) electrons. The third kappa shape index (κ3) is 5.90. The number of rotatable bonds is 8. The summed E-state index contributed by atoms with van der Waals surface area (Å²) in [4.78, 5) is 34.1. The van der Waals surface area contributed by atoms with Gasteiger partial charge in [-0.1, -0.05) is 18.2 Å². The molecular formula is C30H26F2N5O2P. The summed E-state index contributed by atoms with van der Waals surface area (Å²) in [6.45, 7) is 1.92. The molecule has 10 heteroatoms. The summed E-state index contributed by atoms with van der Waals surface area (Å²) in [7, 11) is 2.48. The van der Waals surface area contributed by atoms with Crippen molar-refractivity contribution in [3.63, 3.8) is 0 Å². The number of aryl methyl sites for hydroxylation is 1. The lowest BCUT2D eigenvalue weighted by atomic mass is 9.94. The summed E-state index contributed by atoms with van der Waals surface area (Å²) in [6.07, 6.45) is 5.39. The Bertz CT molecular complexity index is 1730. The summed E-state index contributed by atoms with van der Waals surface area (Å²) in [6, 6.07) is 15.3. The number of nitrogens with zero attached hydrogens (tertiary/aromatic N) is 3. The van der Waals surface area contributed by atoms with Crippen molar-refractivity contribution < 1.29 is 18.4 Å². The first-order chi connectivity index (χ1) is 19.2. The molecule has 40 heavy (non-hydrogen) atoms. The van der Waals surface area contributed by atoms with Gasteiger partial charge in [-0.15, -0.1) is 9.24 Å². The second-order valence-electron chi connectivity index (χ2n) is 9.54. The summed E-state index contributed by atoms with van der Waals surface area (Å²) >= 11 is 0. The Morgan fingerprint density at radius 1 is 1.07 bits per heavy atom. The molecule has 2 unspecified atom stereocenters. The number of aromatic nitrogens is 3. The van der Waals surface area contributed by atoms with Gasteiger partial charge in [0.1, 0.15) is 18.2 Å². The fraction of sp³-hybridized carbons (Fsp3) is 0.133. The molecule has 0 aliphatic carbocycles. The zero-order valence-electron chi connectivity index (χ0n) is 21.6. The van der Waals surface area contributed by atoms with Crippen LogP contribution in [0.3, 0.4) is 0 Å². The van der Waals surface area contributed by atoms with Crippen molar-refractivity contribution >= 4 is 37.3 Å². The number of primary amides is 1. The van der Waals surface area contributed by atoms with Crippen molar-refractivity contribution in [1.29, 1.82) is 0 Å². The SMILES string of the molecule is Cc1cc2c(ccn2CC(=O)NC(Cc2cc(F)cc(P)c2)c2ncccc2-c2ccc(F)c(C(N)=O)c2)cn1. The van der Waals surface area contributed by atoms with E-state index >= 15 is 0 Å². The van der Waals surface area contributed by atoms with Gasteiger partial charge in [0.05, 0.1) is 22.8 Å². The molecule has 0 aliphatic rings. The van der Waals surface area contributed by atoms with Crippen LogP contribution in [0.1, 0.15) is 33.4 Å². The molecule has 2 atom stereocenters. The molecule has 3 aromatic heterocycles. The molecule has 5 rings (SSSR count). The summed E-state index contributed by atoms with van der Waals surface area (Å²) in [5, 5.41) is 4.64. The van der Waals surface area contributed by atoms with Crippen LogP contribution in [-0.2, 0) is 17.8 Å². The summed E-state index contributed by atoms with van der Waals surface area (Å²) in [5.41, 5.74) is 9.03. The molecule has 0 bridgehead atoms. The number of fused-ring (bicyclic) bond motifs is 1. The molecule has 0 aliphatic heterocycles. The van der Waals surface area contributed by atoms with E-state index in [1.807, 2.05) is 35.9 Å². The van der Waals surface area contributed by atoms with E-state index in [0.717, 1.165) is 16.6 Å². The average molecular weight is 558 g/mol. The van der Waals surface area contributed by atoms with E-state index in [4.69, 9.17) is 5.73 Å². The van der Waals surface area contributed by atoms with Crippen molar-refractivity contribution in [2.45, 2.75) is 25.9 Å². The Morgan fingerprint density at radius 2 is 1.90 bits per heavy atom. The normalized spacial score (nSPS) is 11.9. The molecule has 0 saturated carbocycles. The second kappa shape index (κ2) is 11.3. The van der Waals surface area contributed by atoms with Crippen LogP contribution in [0, 0.1) is 18.6 Å². The van der Waals surface area contributed by atoms with E-state index in [2.05, 4.69) is 24.5 Å². The molecule has 2 amide bonds. The van der Waals surface area contributed by atoms with E-state index in [9.17, 15) is 18.4 Å². The van der Waals surface area contributed by atoms with Crippen molar-refractivity contribution in [3.8, 4) is 11.1 Å². The van der Waals surface area contributed by atoms with E-state index in [1.54, 1.807) is 24.5 Å². The molecule has 7 nitrogen and oxygen atoms in total. The van der Waals surface area contributed by atoms with Gasteiger partial charge in [-0.25, -0.2) is 8.78 Å². The Labute approximate surface area is 231 Å². The van der Waals surface area contributed by atoms with Crippen molar-refractivity contribution in [2.75, 3.05) is 0 Å². The second-order valence-corrected chi connectivity index (χ2v) is 10.2. The van der Waals surface area contributed by atoms with Gasteiger partial charge in [-0.05, 0) is 72.2 Å². The number of halogens is 2. The molecule has 5 aromatic rings. The van der Waals surface area contributed by atoms with Crippen molar-refractivity contribution in [2.24, 2.45) is 5.73 Å². The van der Waals surface area contributed by atoms with Crippen molar-refractivity contribution in [1.82, 2.24) is 19.9 Å². The Hall–Kier alpha value is -4.49. The van der Waals surface area contributed by atoms with Gasteiger partial charge < -0.3 is 15.6 Å². The third-order valence-corrected chi connectivity index (χ3v) is 6.91. The number of amides is 2. The van der Waals surface area contributed by atoms with Gasteiger partial charge in [0, 0.05) is 35.2 Å². The van der Waals surface area contributed by atoms with E-state index < -0.39 is 23.6 Å². The number of carbonyl (C=O) groups is 2. The molecular weight excluding hydrogens is 531 g/mol. The molecule has 0 saturated heterocycles. The first kappa shape index (κ1) is 27.1. The topological polar surface area (TPSA) is 103 Å². The minimum absolute atomic E-state index is 0.0338. The maximum Gasteiger partial charge on any atom is 0.251 e. The van der Waals surface area contributed by atoms with Crippen LogP contribution < -0.4 is 16.4 Å². The van der Waals surface area contributed by atoms with Gasteiger partial charge in [0.25, 0.3) is 5.91 Å². The number of hydrogen-bond acceptors (Lipinski definition) is 4. The predicted molar refractivity (Wildman–Crippen MR) is 153 cm³/mol. The highest BCUT2D eigenvalue weighted by atomic mass is 31.0. The number of benzene rings is 2. The monoisotopic (exact) mass is 557 g/mol. The minimum atomic E-state index is -0.897. The summed E-state index contributed by atoms with van der Waals surface area (Å²) < 4.78 is 30.3. The average Bonchev–Trinajstić information content (AvgIpc) is 3.29. The Morgan fingerprint density at radius 3 is 2.67 bits per heavy atom. The zero-order valence-corrected chi connectivity index (χ0v) is 22.7. The van der Waals surface area contributed by atoms with E-state index in [0.29, 0.717) is 27.7 Å². The molecule has 202 valence electrons. The van der Waals surface area contributed by atoms with Gasteiger partial charge in [0.2, 0.25) is 5.91 Å². The smallest absolute Gasteiger partial charge is 0.251 e. The van der Waals surface area contributed by atoms with Crippen LogP contribution in [0.2, 0.25) is 0 Å². The molecule has 0 fully saturated rings. The lowest BCUT2D eigenvalue weighted by molar-refractivity contribution is -0.122. The Kier molecular flexibility index (Phi) is 7.67. The maximum atomic E-state index is 14.3. The highest BCUT2D eigenvalue weighted by Crippen LogP contribution is 2.30. The van der Waals surface area contributed by atoms with Crippen LogP contribution in [0.4, 0.5) is 8.78 Å².